The van der Waals surface area contributed by atoms with E-state index in [1.807, 2.05) is 18.2 Å². The number of nitrogens with zero attached hydrogens (tertiary/aromatic N) is 1. The van der Waals surface area contributed by atoms with Gasteiger partial charge in [-0.05, 0) is 48.5 Å². The summed E-state index contributed by atoms with van der Waals surface area (Å²) in [5.74, 6) is -2.53. The molecule has 3 amide bonds. The number of anilines is 2. The van der Waals surface area contributed by atoms with Crippen LogP contribution in [-0.4, -0.2) is 41.1 Å². The number of H-pyrrole nitrogens is 1. The Morgan fingerprint density at radius 3 is 2.39 bits per heavy atom. The minimum Gasteiger partial charge on any atom is -0.454 e. The molecular formula is C27H19N3O6. The summed E-state index contributed by atoms with van der Waals surface area (Å²) in [6.07, 6.45) is 1.57. The average molecular weight is 481 g/mol. The van der Waals surface area contributed by atoms with Crippen molar-refractivity contribution in [1.82, 2.24) is 4.98 Å². The fourth-order valence-electron chi connectivity index (χ4n) is 4.09. The van der Waals surface area contributed by atoms with E-state index in [0.717, 1.165) is 15.8 Å². The van der Waals surface area contributed by atoms with Gasteiger partial charge in [-0.15, -0.1) is 0 Å². The van der Waals surface area contributed by atoms with E-state index in [9.17, 15) is 24.0 Å². The van der Waals surface area contributed by atoms with Crippen LogP contribution in [0.15, 0.2) is 72.9 Å². The number of aromatic nitrogens is 1. The molecule has 0 saturated carbocycles. The molecule has 5 rings (SSSR count). The maximum Gasteiger partial charge on any atom is 0.338 e. The Labute approximate surface area is 204 Å². The number of esters is 1. The van der Waals surface area contributed by atoms with Gasteiger partial charge in [-0.25, -0.2) is 9.69 Å². The number of carbonyl (C=O) groups excluding carboxylic acids is 5. The van der Waals surface area contributed by atoms with Crippen LogP contribution in [0.2, 0.25) is 0 Å². The lowest BCUT2D eigenvalue weighted by molar-refractivity contribution is -0.114. The molecule has 0 radical (unpaired) electrons. The number of aromatic amines is 1. The fraction of sp³-hybridized carbons (Fsp3) is 0.0741. The van der Waals surface area contributed by atoms with Gasteiger partial charge >= 0.3 is 5.97 Å². The molecule has 9 nitrogen and oxygen atoms in total. The van der Waals surface area contributed by atoms with E-state index in [1.165, 1.54) is 25.1 Å². The number of fused-ring (bicyclic) bond motifs is 2. The van der Waals surface area contributed by atoms with Gasteiger partial charge in [0, 0.05) is 35.3 Å². The zero-order chi connectivity index (χ0) is 25.4. The molecule has 4 aromatic rings. The van der Waals surface area contributed by atoms with E-state index in [1.54, 1.807) is 36.5 Å². The molecular weight excluding hydrogens is 462 g/mol. The van der Waals surface area contributed by atoms with Crippen molar-refractivity contribution in [2.75, 3.05) is 16.8 Å². The van der Waals surface area contributed by atoms with Gasteiger partial charge in [-0.3, -0.25) is 19.2 Å². The molecule has 2 N–H and O–H groups in total. The Kier molecular flexibility index (Phi) is 5.65. The van der Waals surface area contributed by atoms with E-state index in [4.69, 9.17) is 4.74 Å². The van der Waals surface area contributed by atoms with Crippen LogP contribution in [0, 0.1) is 0 Å². The number of hydrogen-bond donors (Lipinski definition) is 2. The highest BCUT2D eigenvalue weighted by atomic mass is 16.5. The number of ketones is 1. The second-order valence-electron chi connectivity index (χ2n) is 8.18. The van der Waals surface area contributed by atoms with Crippen LogP contribution >= 0.6 is 0 Å². The first-order chi connectivity index (χ1) is 17.3. The molecule has 0 aliphatic carbocycles. The van der Waals surface area contributed by atoms with Gasteiger partial charge in [-0.1, -0.05) is 18.2 Å². The predicted octanol–water partition coefficient (Wildman–Crippen LogP) is 3.97. The lowest BCUT2D eigenvalue weighted by atomic mass is 10.1. The molecule has 1 aliphatic rings. The van der Waals surface area contributed by atoms with Crippen LogP contribution in [-0.2, 0) is 9.53 Å². The number of hydrogen-bond acceptors (Lipinski definition) is 6. The first kappa shape index (κ1) is 22.7. The summed E-state index contributed by atoms with van der Waals surface area (Å²) in [5.41, 5.74) is 2.31. The molecule has 9 heteroatoms. The Balaban J connectivity index is 1.30. The molecule has 0 saturated heterocycles. The number of Topliss-reactive ketones (excluding diaryl/α,β-unsaturated/α-hetero) is 1. The number of nitrogens with one attached hydrogen (secondary N) is 2. The van der Waals surface area contributed by atoms with Crippen molar-refractivity contribution in [2.24, 2.45) is 0 Å². The van der Waals surface area contributed by atoms with Crippen LogP contribution < -0.4 is 10.2 Å². The number of para-hydroxylation sites is 1. The van der Waals surface area contributed by atoms with Crippen LogP contribution in [0.5, 0.6) is 0 Å². The molecule has 3 aromatic carbocycles. The molecule has 0 bridgehead atoms. The van der Waals surface area contributed by atoms with E-state index in [-0.39, 0.29) is 28.4 Å². The van der Waals surface area contributed by atoms with E-state index in [2.05, 4.69) is 10.3 Å². The Hall–Kier alpha value is -5.05. The summed E-state index contributed by atoms with van der Waals surface area (Å²) >= 11 is 0. The molecule has 1 aliphatic heterocycles. The van der Waals surface area contributed by atoms with Crippen molar-refractivity contribution in [3.05, 3.63) is 95.2 Å². The smallest absolute Gasteiger partial charge is 0.338 e. The number of amides is 3. The van der Waals surface area contributed by atoms with E-state index < -0.39 is 24.4 Å². The van der Waals surface area contributed by atoms with Crippen molar-refractivity contribution in [2.45, 2.75) is 6.92 Å². The maximum atomic E-state index is 13.0. The van der Waals surface area contributed by atoms with Crippen LogP contribution in [0.1, 0.15) is 48.4 Å². The number of ether oxygens (including phenoxy) is 1. The highest BCUT2D eigenvalue weighted by Crippen LogP contribution is 2.30. The number of rotatable bonds is 6. The highest BCUT2D eigenvalue weighted by Gasteiger charge is 2.37. The quantitative estimate of drug-likeness (QED) is 0.244. The van der Waals surface area contributed by atoms with Gasteiger partial charge in [0.25, 0.3) is 11.8 Å². The van der Waals surface area contributed by atoms with Gasteiger partial charge in [-0.2, -0.15) is 0 Å². The van der Waals surface area contributed by atoms with Gasteiger partial charge in [0.1, 0.15) is 0 Å². The summed E-state index contributed by atoms with van der Waals surface area (Å²) in [7, 11) is 0. The zero-order valence-corrected chi connectivity index (χ0v) is 19.0. The topological polar surface area (TPSA) is 126 Å². The third-order valence-electron chi connectivity index (χ3n) is 5.79. The van der Waals surface area contributed by atoms with Crippen molar-refractivity contribution < 1.29 is 28.7 Å². The molecule has 2 heterocycles. The molecule has 178 valence electrons. The van der Waals surface area contributed by atoms with Crippen LogP contribution in [0.3, 0.4) is 0 Å². The van der Waals surface area contributed by atoms with Gasteiger partial charge in [0.2, 0.25) is 11.7 Å². The van der Waals surface area contributed by atoms with Crippen LogP contribution in [0.4, 0.5) is 11.4 Å². The molecule has 0 atom stereocenters. The number of carbonyl (C=O) groups is 5. The lowest BCUT2D eigenvalue weighted by Crippen LogP contribution is -2.29. The summed E-state index contributed by atoms with van der Waals surface area (Å²) in [6.45, 7) is 0.899. The van der Waals surface area contributed by atoms with Gasteiger partial charge < -0.3 is 15.0 Å². The predicted molar refractivity (Wildman–Crippen MR) is 131 cm³/mol. The Bertz CT molecular complexity index is 1570. The Morgan fingerprint density at radius 1 is 0.917 bits per heavy atom. The van der Waals surface area contributed by atoms with Gasteiger partial charge in [0.15, 0.2) is 6.61 Å². The molecule has 0 unspecified atom stereocenters. The summed E-state index contributed by atoms with van der Waals surface area (Å²) in [6, 6.07) is 17.6. The number of benzene rings is 3. The van der Waals surface area contributed by atoms with Crippen LogP contribution in [0.25, 0.3) is 10.9 Å². The van der Waals surface area contributed by atoms with E-state index in [0.29, 0.717) is 16.9 Å². The third kappa shape index (κ3) is 4.03. The maximum absolute atomic E-state index is 13.0. The van der Waals surface area contributed by atoms with E-state index >= 15 is 0 Å². The van der Waals surface area contributed by atoms with Crippen molar-refractivity contribution in [3.63, 3.8) is 0 Å². The molecule has 0 spiro atoms. The summed E-state index contributed by atoms with van der Waals surface area (Å²) in [5, 5.41) is 3.34. The van der Waals surface area contributed by atoms with Crippen molar-refractivity contribution in [1.29, 1.82) is 0 Å². The van der Waals surface area contributed by atoms with Gasteiger partial charge in [0.05, 0.1) is 22.4 Å². The summed E-state index contributed by atoms with van der Waals surface area (Å²) in [4.78, 5) is 66.3. The third-order valence-corrected chi connectivity index (χ3v) is 5.79. The molecule has 1 aromatic heterocycles. The lowest BCUT2D eigenvalue weighted by Gasteiger charge is -2.14. The minimum atomic E-state index is -0.788. The minimum absolute atomic E-state index is 0.0458. The first-order valence-electron chi connectivity index (χ1n) is 11.0. The first-order valence-corrected chi connectivity index (χ1v) is 11.0. The largest absolute Gasteiger partial charge is 0.454 e. The van der Waals surface area contributed by atoms with Crippen molar-refractivity contribution in [3.8, 4) is 0 Å². The zero-order valence-electron chi connectivity index (χ0n) is 19.0. The molecule has 0 fully saturated rings. The van der Waals surface area contributed by atoms with Crippen molar-refractivity contribution >= 4 is 51.8 Å². The highest BCUT2D eigenvalue weighted by molar-refractivity contribution is 6.34. The molecule has 36 heavy (non-hydrogen) atoms. The standard InChI is InChI=1S/C27H19N3O6/c1-15(31)29-17-7-9-18(10-8-17)30-25(33)20-11-6-16(12-21(20)26(30)34)27(35)36-14-24(32)22-13-28-23-5-3-2-4-19(22)23/h2-13,28H,14H2,1H3,(H,29,31). The number of imide groups is 1. The SMILES string of the molecule is CC(=O)Nc1ccc(N2C(=O)c3ccc(C(=O)OCC(=O)c4c[nH]c5ccccc45)cc3C2=O)cc1. The second-order valence-corrected chi connectivity index (χ2v) is 8.18. The second kappa shape index (κ2) is 8.95. The monoisotopic (exact) mass is 481 g/mol. The Morgan fingerprint density at radius 2 is 1.64 bits per heavy atom. The average Bonchev–Trinajstić information content (AvgIpc) is 3.41. The fourth-order valence-corrected chi connectivity index (χ4v) is 4.09. The summed E-state index contributed by atoms with van der Waals surface area (Å²) < 4.78 is 5.19. The normalized spacial score (nSPS) is 12.5.